The molecule has 4 nitrogen and oxygen atoms in total. The van der Waals surface area contributed by atoms with Gasteiger partial charge >= 0.3 is 11.9 Å². The first kappa shape index (κ1) is 21.4. The molecule has 0 saturated carbocycles. The Morgan fingerprint density at radius 3 is 2.48 bits per heavy atom. The van der Waals surface area contributed by atoms with Crippen molar-refractivity contribution in [2.24, 2.45) is 0 Å². The lowest BCUT2D eigenvalue weighted by Gasteiger charge is -2.16. The second-order valence-corrected chi connectivity index (χ2v) is 6.30. The number of carbonyl (C=O) groups is 2. The Labute approximate surface area is 153 Å². The predicted octanol–water partition coefficient (Wildman–Crippen LogP) is 5.46. The van der Waals surface area contributed by atoms with E-state index < -0.39 is 11.8 Å². The summed E-state index contributed by atoms with van der Waals surface area (Å²) in [7, 11) is 0. The van der Waals surface area contributed by atoms with Crippen LogP contribution in [0.1, 0.15) is 65.2 Å². The minimum absolute atomic E-state index is 0.00755. The Bertz CT molecular complexity index is 542. The topological polar surface area (TPSA) is 52.6 Å². The lowest BCUT2D eigenvalue weighted by Crippen LogP contribution is -2.18. The van der Waals surface area contributed by atoms with Crippen molar-refractivity contribution >= 4 is 23.5 Å². The van der Waals surface area contributed by atoms with Gasteiger partial charge in [0.05, 0.1) is 5.02 Å². The number of rotatable bonds is 11. The maximum absolute atomic E-state index is 13.5. The number of hydrogen-bond acceptors (Lipinski definition) is 4. The van der Waals surface area contributed by atoms with Crippen LogP contribution in [0.4, 0.5) is 4.39 Å². The molecule has 0 aromatic heterocycles. The van der Waals surface area contributed by atoms with Crippen LogP contribution in [0.3, 0.4) is 0 Å². The van der Waals surface area contributed by atoms with Gasteiger partial charge in [-0.05, 0) is 37.8 Å². The molecule has 0 saturated heterocycles. The van der Waals surface area contributed by atoms with Crippen molar-refractivity contribution in [3.63, 3.8) is 0 Å². The van der Waals surface area contributed by atoms with Crippen LogP contribution in [0.2, 0.25) is 5.02 Å². The maximum Gasteiger partial charge on any atom is 0.311 e. The van der Waals surface area contributed by atoms with Crippen molar-refractivity contribution in [2.75, 3.05) is 0 Å². The van der Waals surface area contributed by atoms with Crippen LogP contribution < -0.4 is 4.74 Å². The molecule has 0 spiro atoms. The Morgan fingerprint density at radius 1 is 1.12 bits per heavy atom. The molecule has 0 fully saturated rings. The summed E-state index contributed by atoms with van der Waals surface area (Å²) in [5.74, 6) is -1.92. The zero-order valence-electron chi connectivity index (χ0n) is 14.9. The van der Waals surface area contributed by atoms with Crippen LogP contribution in [0, 0.1) is 5.82 Å². The molecule has 0 aliphatic heterocycles. The van der Waals surface area contributed by atoms with Crippen LogP contribution in [0.25, 0.3) is 0 Å². The maximum atomic E-state index is 13.5. The van der Waals surface area contributed by atoms with Gasteiger partial charge in [-0.3, -0.25) is 9.59 Å². The van der Waals surface area contributed by atoms with E-state index in [9.17, 15) is 14.0 Å². The molecule has 6 heteroatoms. The van der Waals surface area contributed by atoms with E-state index in [1.54, 1.807) is 0 Å². The van der Waals surface area contributed by atoms with Crippen molar-refractivity contribution in [1.29, 1.82) is 0 Å². The molecule has 1 aromatic carbocycles. The number of para-hydroxylation sites is 1. The van der Waals surface area contributed by atoms with Crippen molar-refractivity contribution in [3.05, 3.63) is 29.0 Å². The van der Waals surface area contributed by atoms with E-state index in [2.05, 4.69) is 6.92 Å². The minimum Gasteiger partial charge on any atom is -0.462 e. The van der Waals surface area contributed by atoms with Crippen LogP contribution in [-0.4, -0.2) is 18.0 Å². The highest BCUT2D eigenvalue weighted by Gasteiger charge is 2.15. The summed E-state index contributed by atoms with van der Waals surface area (Å²) >= 11 is 5.79. The third-order valence-corrected chi connectivity index (χ3v) is 4.08. The SMILES string of the molecule is CCCCCC(CC)OC(=O)CCCC(=O)Oc1c(F)cccc1Cl. The van der Waals surface area contributed by atoms with Gasteiger partial charge in [0.1, 0.15) is 6.10 Å². The fourth-order valence-corrected chi connectivity index (χ4v) is 2.54. The molecule has 0 bridgehead atoms. The Morgan fingerprint density at radius 2 is 1.84 bits per heavy atom. The van der Waals surface area contributed by atoms with Gasteiger partial charge in [0.25, 0.3) is 0 Å². The Kier molecular flexibility index (Phi) is 10.2. The zero-order valence-corrected chi connectivity index (χ0v) is 15.6. The fraction of sp³-hybridized carbons (Fsp3) is 0.579. The number of unbranched alkanes of at least 4 members (excludes halogenated alkanes) is 2. The normalized spacial score (nSPS) is 11.8. The summed E-state index contributed by atoms with van der Waals surface area (Å²) in [6, 6.07) is 4.03. The van der Waals surface area contributed by atoms with Crippen LogP contribution >= 0.6 is 11.6 Å². The standard InChI is InChI=1S/C19H26ClFO4/c1-3-5-6-9-14(4-2)24-17(22)12-8-13-18(23)25-19-15(20)10-7-11-16(19)21/h7,10-11,14H,3-6,8-9,12-13H2,1-2H3. The number of carbonyl (C=O) groups excluding carboxylic acids is 2. The highest BCUT2D eigenvalue weighted by atomic mass is 35.5. The summed E-state index contributed by atoms with van der Waals surface area (Å²) in [6.45, 7) is 4.11. The monoisotopic (exact) mass is 372 g/mol. The number of benzene rings is 1. The highest BCUT2D eigenvalue weighted by Crippen LogP contribution is 2.27. The number of esters is 2. The molecule has 140 valence electrons. The summed E-state index contributed by atoms with van der Waals surface area (Å²) in [4.78, 5) is 23.6. The Hall–Kier alpha value is -1.62. The largest absolute Gasteiger partial charge is 0.462 e. The molecule has 0 aliphatic rings. The van der Waals surface area contributed by atoms with E-state index in [0.717, 1.165) is 38.2 Å². The fourth-order valence-electron chi connectivity index (χ4n) is 2.34. The summed E-state index contributed by atoms with van der Waals surface area (Å²) in [5.41, 5.74) is 0. The third kappa shape index (κ3) is 8.34. The van der Waals surface area contributed by atoms with Crippen molar-refractivity contribution in [3.8, 4) is 5.75 Å². The van der Waals surface area contributed by atoms with Gasteiger partial charge in [-0.2, -0.15) is 0 Å². The number of halogens is 2. The summed E-state index contributed by atoms with van der Waals surface area (Å²) in [5, 5.41) is 0.0330. The molecule has 0 radical (unpaired) electrons. The van der Waals surface area contributed by atoms with Crippen LogP contribution in [0.15, 0.2) is 18.2 Å². The smallest absolute Gasteiger partial charge is 0.311 e. The van der Waals surface area contributed by atoms with Gasteiger partial charge < -0.3 is 9.47 Å². The predicted molar refractivity (Wildman–Crippen MR) is 95.2 cm³/mol. The van der Waals surface area contributed by atoms with E-state index in [1.807, 2.05) is 6.92 Å². The quantitative estimate of drug-likeness (QED) is 0.294. The van der Waals surface area contributed by atoms with Crippen molar-refractivity contribution < 1.29 is 23.5 Å². The molecule has 0 aliphatic carbocycles. The molecule has 0 amide bonds. The van der Waals surface area contributed by atoms with E-state index in [0.29, 0.717) is 0 Å². The first-order chi connectivity index (χ1) is 12.0. The second-order valence-electron chi connectivity index (χ2n) is 5.89. The molecule has 0 N–H and O–H groups in total. The van der Waals surface area contributed by atoms with E-state index in [4.69, 9.17) is 21.1 Å². The molecular formula is C19H26ClFO4. The molecule has 1 rings (SSSR count). The average Bonchev–Trinajstić information content (AvgIpc) is 2.57. The Balaban J connectivity index is 2.31. The van der Waals surface area contributed by atoms with Gasteiger partial charge in [0, 0.05) is 12.8 Å². The highest BCUT2D eigenvalue weighted by molar-refractivity contribution is 6.32. The third-order valence-electron chi connectivity index (χ3n) is 3.78. The molecule has 1 aromatic rings. The van der Waals surface area contributed by atoms with Gasteiger partial charge in [-0.1, -0.05) is 44.4 Å². The summed E-state index contributed by atoms with van der Waals surface area (Å²) in [6.07, 6.45) is 5.27. The lowest BCUT2D eigenvalue weighted by molar-refractivity contribution is -0.149. The molecule has 1 atom stereocenters. The van der Waals surface area contributed by atoms with Crippen molar-refractivity contribution in [1.82, 2.24) is 0 Å². The van der Waals surface area contributed by atoms with Gasteiger partial charge in [0.2, 0.25) is 0 Å². The lowest BCUT2D eigenvalue weighted by atomic mass is 10.1. The van der Waals surface area contributed by atoms with Crippen LogP contribution in [-0.2, 0) is 14.3 Å². The number of hydrogen-bond donors (Lipinski definition) is 0. The first-order valence-electron chi connectivity index (χ1n) is 8.82. The van der Waals surface area contributed by atoms with Crippen LogP contribution in [0.5, 0.6) is 5.75 Å². The molecular weight excluding hydrogens is 347 g/mol. The van der Waals surface area contributed by atoms with Gasteiger partial charge in [0.15, 0.2) is 11.6 Å². The summed E-state index contributed by atoms with van der Waals surface area (Å²) < 4.78 is 23.9. The zero-order chi connectivity index (χ0) is 18.7. The molecule has 1 unspecified atom stereocenters. The van der Waals surface area contributed by atoms with Crippen molar-refractivity contribution in [2.45, 2.75) is 71.3 Å². The minimum atomic E-state index is -0.696. The number of ether oxygens (including phenoxy) is 2. The molecule has 25 heavy (non-hydrogen) atoms. The second kappa shape index (κ2) is 11.9. The average molecular weight is 373 g/mol. The van der Waals surface area contributed by atoms with E-state index in [-0.39, 0.29) is 42.1 Å². The van der Waals surface area contributed by atoms with E-state index in [1.165, 1.54) is 12.1 Å². The van der Waals surface area contributed by atoms with Gasteiger partial charge in [-0.15, -0.1) is 0 Å². The first-order valence-corrected chi connectivity index (χ1v) is 9.19. The molecule has 0 heterocycles. The van der Waals surface area contributed by atoms with Gasteiger partial charge in [-0.25, -0.2) is 4.39 Å². The van der Waals surface area contributed by atoms with E-state index >= 15 is 0 Å².